The summed E-state index contributed by atoms with van der Waals surface area (Å²) in [5.74, 6) is 0.832. The highest BCUT2D eigenvalue weighted by atomic mass is 35.5. The van der Waals surface area contributed by atoms with E-state index in [1.54, 1.807) is 12.3 Å². The third kappa shape index (κ3) is 3.04. The van der Waals surface area contributed by atoms with Crippen molar-refractivity contribution in [1.29, 1.82) is 0 Å². The Kier molecular flexibility index (Phi) is 4.25. The molecule has 0 radical (unpaired) electrons. The van der Waals surface area contributed by atoms with Gasteiger partial charge < -0.3 is 10.1 Å². The Bertz CT molecular complexity index is 785. The van der Waals surface area contributed by atoms with Crippen molar-refractivity contribution >= 4 is 23.3 Å². The zero-order chi connectivity index (χ0) is 16.5. The van der Waals surface area contributed by atoms with Crippen molar-refractivity contribution in [1.82, 2.24) is 4.98 Å². The number of amides is 1. The van der Waals surface area contributed by atoms with Crippen molar-refractivity contribution in [3.8, 4) is 0 Å². The van der Waals surface area contributed by atoms with Gasteiger partial charge in [-0.1, -0.05) is 11.6 Å². The molecule has 0 bridgehead atoms. The second kappa shape index (κ2) is 6.54. The monoisotopic (exact) mass is 342 g/mol. The number of nitrogens with one attached hydrogen (secondary N) is 1. The molecule has 1 amide bonds. The lowest BCUT2D eigenvalue weighted by Crippen LogP contribution is -2.15. The molecule has 1 aliphatic carbocycles. The van der Waals surface area contributed by atoms with Crippen LogP contribution in [0.4, 0.5) is 5.82 Å². The SMILES string of the molecule is O=C(Nc1cc([C@H]2CCOC2)ccn1)c1cc(Cl)cc2c1CCC2. The number of pyridine rings is 1. The van der Waals surface area contributed by atoms with Crippen molar-refractivity contribution in [2.24, 2.45) is 0 Å². The van der Waals surface area contributed by atoms with Gasteiger partial charge in [0.15, 0.2) is 0 Å². The van der Waals surface area contributed by atoms with Crippen molar-refractivity contribution in [2.75, 3.05) is 18.5 Å². The number of nitrogens with zero attached hydrogens (tertiary/aromatic N) is 1. The van der Waals surface area contributed by atoms with E-state index >= 15 is 0 Å². The zero-order valence-corrected chi connectivity index (χ0v) is 14.1. The maximum absolute atomic E-state index is 12.7. The van der Waals surface area contributed by atoms with E-state index in [1.807, 2.05) is 18.2 Å². The van der Waals surface area contributed by atoms with E-state index in [9.17, 15) is 4.79 Å². The van der Waals surface area contributed by atoms with Gasteiger partial charge in [-0.2, -0.15) is 0 Å². The number of hydrogen-bond acceptors (Lipinski definition) is 3. The predicted molar refractivity (Wildman–Crippen MR) is 93.8 cm³/mol. The standard InChI is InChI=1S/C19H19ClN2O2/c20-15-8-13-2-1-3-16(13)17(10-15)19(23)22-18-9-12(4-6-21-18)14-5-7-24-11-14/h4,6,8-10,14H,1-3,5,7,11H2,(H,21,22,23)/t14-/m0/s1. The molecule has 1 atom stereocenters. The van der Waals surface area contributed by atoms with Gasteiger partial charge in [0.1, 0.15) is 5.82 Å². The summed E-state index contributed by atoms with van der Waals surface area (Å²) >= 11 is 6.18. The first-order valence-electron chi connectivity index (χ1n) is 8.37. The van der Waals surface area contributed by atoms with Gasteiger partial charge >= 0.3 is 0 Å². The Labute approximate surface area is 146 Å². The van der Waals surface area contributed by atoms with E-state index in [4.69, 9.17) is 16.3 Å². The lowest BCUT2D eigenvalue weighted by atomic mass is 9.99. The molecule has 5 heteroatoms. The molecule has 4 nitrogen and oxygen atoms in total. The Hall–Kier alpha value is -1.91. The number of aryl methyl sites for hydroxylation is 1. The molecule has 1 aromatic heterocycles. The van der Waals surface area contributed by atoms with Gasteiger partial charge in [0.2, 0.25) is 0 Å². The van der Waals surface area contributed by atoms with Crippen molar-refractivity contribution in [2.45, 2.75) is 31.6 Å². The summed E-state index contributed by atoms with van der Waals surface area (Å²) < 4.78 is 5.44. The number of rotatable bonds is 3. The van der Waals surface area contributed by atoms with Crippen molar-refractivity contribution < 1.29 is 9.53 Å². The molecule has 0 saturated carbocycles. The lowest BCUT2D eigenvalue weighted by Gasteiger charge is -2.12. The van der Waals surface area contributed by atoms with Crippen LogP contribution in [0.3, 0.4) is 0 Å². The molecule has 2 aromatic rings. The molecule has 0 unspecified atom stereocenters. The highest BCUT2D eigenvalue weighted by Gasteiger charge is 2.22. The first-order chi connectivity index (χ1) is 11.7. The molecule has 124 valence electrons. The van der Waals surface area contributed by atoms with Crippen LogP contribution in [0.5, 0.6) is 0 Å². The van der Waals surface area contributed by atoms with Gasteiger partial charge in [-0.25, -0.2) is 4.98 Å². The topological polar surface area (TPSA) is 51.2 Å². The van der Waals surface area contributed by atoms with Crippen LogP contribution in [0.2, 0.25) is 5.02 Å². The number of fused-ring (bicyclic) bond motifs is 1. The minimum atomic E-state index is -0.136. The Morgan fingerprint density at radius 1 is 1.29 bits per heavy atom. The van der Waals surface area contributed by atoms with Crippen LogP contribution in [-0.4, -0.2) is 24.1 Å². The Morgan fingerprint density at radius 3 is 3.04 bits per heavy atom. The first-order valence-corrected chi connectivity index (χ1v) is 8.75. The molecule has 1 fully saturated rings. The van der Waals surface area contributed by atoms with Gasteiger partial charge in [-0.15, -0.1) is 0 Å². The summed E-state index contributed by atoms with van der Waals surface area (Å²) in [5, 5.41) is 3.55. The number of carbonyl (C=O) groups is 1. The lowest BCUT2D eigenvalue weighted by molar-refractivity contribution is 0.102. The van der Waals surface area contributed by atoms with E-state index in [-0.39, 0.29) is 5.91 Å². The molecule has 0 spiro atoms. The number of hydrogen-bond donors (Lipinski definition) is 1. The van der Waals surface area contributed by atoms with Crippen LogP contribution in [0.25, 0.3) is 0 Å². The third-order valence-electron chi connectivity index (χ3n) is 4.85. The number of aromatic nitrogens is 1. The number of carbonyl (C=O) groups excluding carboxylic acids is 1. The smallest absolute Gasteiger partial charge is 0.257 e. The largest absolute Gasteiger partial charge is 0.381 e. The highest BCUT2D eigenvalue weighted by Crippen LogP contribution is 2.30. The maximum Gasteiger partial charge on any atom is 0.257 e. The van der Waals surface area contributed by atoms with E-state index < -0.39 is 0 Å². The van der Waals surface area contributed by atoms with E-state index in [0.29, 0.717) is 22.3 Å². The molecule has 1 N–H and O–H groups in total. The maximum atomic E-state index is 12.7. The van der Waals surface area contributed by atoms with Gasteiger partial charge in [0.25, 0.3) is 5.91 Å². The zero-order valence-electron chi connectivity index (χ0n) is 13.3. The molecular formula is C19H19ClN2O2. The fourth-order valence-electron chi connectivity index (χ4n) is 3.62. The normalized spacial score (nSPS) is 19.3. The minimum absolute atomic E-state index is 0.136. The van der Waals surface area contributed by atoms with Crippen LogP contribution in [-0.2, 0) is 17.6 Å². The number of benzene rings is 1. The number of anilines is 1. The molecule has 1 aromatic carbocycles. The molecule has 2 aliphatic rings. The van der Waals surface area contributed by atoms with E-state index in [1.165, 1.54) is 5.56 Å². The average Bonchev–Trinajstić information content (AvgIpc) is 3.25. The van der Waals surface area contributed by atoms with Gasteiger partial charge in [0.05, 0.1) is 6.61 Å². The van der Waals surface area contributed by atoms with Crippen LogP contribution >= 0.6 is 11.6 Å². The number of halogens is 1. The van der Waals surface area contributed by atoms with Crippen LogP contribution in [0.15, 0.2) is 30.5 Å². The van der Waals surface area contributed by atoms with E-state index in [0.717, 1.165) is 50.0 Å². The van der Waals surface area contributed by atoms with E-state index in [2.05, 4.69) is 10.3 Å². The highest BCUT2D eigenvalue weighted by molar-refractivity contribution is 6.31. The number of ether oxygens (including phenoxy) is 1. The predicted octanol–water partition coefficient (Wildman–Crippen LogP) is 3.98. The molecule has 4 rings (SSSR count). The quantitative estimate of drug-likeness (QED) is 0.917. The molecule has 24 heavy (non-hydrogen) atoms. The van der Waals surface area contributed by atoms with Gasteiger partial charge in [-0.05, 0) is 66.6 Å². The fourth-order valence-corrected chi connectivity index (χ4v) is 3.86. The summed E-state index contributed by atoms with van der Waals surface area (Å²) in [4.78, 5) is 17.0. The minimum Gasteiger partial charge on any atom is -0.381 e. The Morgan fingerprint density at radius 2 is 2.21 bits per heavy atom. The van der Waals surface area contributed by atoms with Crippen molar-refractivity contribution in [3.63, 3.8) is 0 Å². The summed E-state index contributed by atoms with van der Waals surface area (Å²) in [6.07, 6.45) is 5.75. The summed E-state index contributed by atoms with van der Waals surface area (Å²) in [7, 11) is 0. The van der Waals surface area contributed by atoms with Gasteiger partial charge in [0, 0.05) is 29.3 Å². The fraction of sp³-hybridized carbons (Fsp3) is 0.368. The second-order valence-corrected chi connectivity index (χ2v) is 6.87. The molecular weight excluding hydrogens is 324 g/mol. The van der Waals surface area contributed by atoms with Crippen molar-refractivity contribution in [3.05, 3.63) is 57.7 Å². The molecule has 2 heterocycles. The molecule has 1 saturated heterocycles. The average molecular weight is 343 g/mol. The third-order valence-corrected chi connectivity index (χ3v) is 5.07. The summed E-state index contributed by atoms with van der Waals surface area (Å²) in [5.41, 5.74) is 4.15. The Balaban J connectivity index is 1.58. The van der Waals surface area contributed by atoms with Gasteiger partial charge in [-0.3, -0.25) is 4.79 Å². The second-order valence-electron chi connectivity index (χ2n) is 6.43. The van der Waals surface area contributed by atoms with Crippen LogP contribution in [0.1, 0.15) is 45.8 Å². The van der Waals surface area contributed by atoms with Crippen LogP contribution < -0.4 is 5.32 Å². The molecule has 1 aliphatic heterocycles. The summed E-state index contributed by atoms with van der Waals surface area (Å²) in [6.45, 7) is 1.53. The summed E-state index contributed by atoms with van der Waals surface area (Å²) in [6, 6.07) is 7.67. The van der Waals surface area contributed by atoms with Crippen LogP contribution in [0, 0.1) is 0 Å². The first kappa shape index (κ1) is 15.6.